The fourth-order valence-electron chi connectivity index (χ4n) is 3.68. The molecule has 20 heavy (non-hydrogen) atoms. The van der Waals surface area contributed by atoms with E-state index in [-0.39, 0.29) is 5.56 Å². The Labute approximate surface area is 117 Å². The summed E-state index contributed by atoms with van der Waals surface area (Å²) in [6.07, 6.45) is 6.80. The number of carboxylic acid groups (broad SMARTS) is 1. The minimum absolute atomic E-state index is 0.261. The first-order valence-corrected chi connectivity index (χ1v) is 7.02. The molecule has 0 unspecified atom stereocenters. The fourth-order valence-corrected chi connectivity index (χ4v) is 3.68. The van der Waals surface area contributed by atoms with Crippen LogP contribution in [0.5, 0.6) is 0 Å². The molecule has 0 saturated heterocycles. The van der Waals surface area contributed by atoms with Crippen LogP contribution in [0.3, 0.4) is 0 Å². The van der Waals surface area contributed by atoms with Gasteiger partial charge in [-0.3, -0.25) is 4.98 Å². The lowest BCUT2D eigenvalue weighted by Gasteiger charge is -2.19. The predicted molar refractivity (Wildman–Crippen MR) is 74.2 cm³/mol. The second-order valence-corrected chi connectivity index (χ2v) is 5.79. The third-order valence-corrected chi connectivity index (χ3v) is 4.61. The second kappa shape index (κ2) is 4.17. The van der Waals surface area contributed by atoms with Gasteiger partial charge in [-0.05, 0) is 36.8 Å². The van der Waals surface area contributed by atoms with Crippen molar-refractivity contribution in [1.29, 1.82) is 0 Å². The van der Waals surface area contributed by atoms with Crippen LogP contribution in [0.1, 0.15) is 34.8 Å². The number of benzene rings is 1. The monoisotopic (exact) mass is 264 g/mol. The highest BCUT2D eigenvalue weighted by Gasteiger charge is 2.37. The number of aromatic nitrogens is 1. The summed E-state index contributed by atoms with van der Waals surface area (Å²) in [6.45, 7) is 0. The maximum absolute atomic E-state index is 11.4. The Balaban J connectivity index is 1.88. The maximum Gasteiger partial charge on any atom is 0.0722 e. The molecule has 1 fully saturated rings. The molecular formula is C17H14NO2-. The van der Waals surface area contributed by atoms with Crippen molar-refractivity contribution in [2.24, 2.45) is 11.8 Å². The van der Waals surface area contributed by atoms with E-state index in [1.165, 1.54) is 6.42 Å². The van der Waals surface area contributed by atoms with Gasteiger partial charge in [0.05, 0.1) is 11.5 Å². The van der Waals surface area contributed by atoms with Gasteiger partial charge in [0, 0.05) is 22.6 Å². The standard InChI is InChI=1S/C17H15NO2/c19-17(20)14-9-16(13-8-10-5-6-11(13)7-10)18-15-4-2-1-3-12(14)15/h1-6,9-11,13H,7-8H2,(H,19,20)/p-1/t10-,11+,13+/m1/s1. The molecule has 2 aliphatic rings. The van der Waals surface area contributed by atoms with Gasteiger partial charge < -0.3 is 9.90 Å². The zero-order valence-corrected chi connectivity index (χ0v) is 11.0. The van der Waals surface area contributed by atoms with Crippen molar-refractivity contribution in [3.63, 3.8) is 0 Å². The molecule has 2 aliphatic carbocycles. The number of carboxylic acids is 1. The van der Waals surface area contributed by atoms with Crippen LogP contribution in [-0.2, 0) is 0 Å². The van der Waals surface area contributed by atoms with Crippen molar-refractivity contribution in [1.82, 2.24) is 4.98 Å². The Hall–Kier alpha value is -2.16. The summed E-state index contributed by atoms with van der Waals surface area (Å²) < 4.78 is 0. The van der Waals surface area contributed by atoms with Crippen LogP contribution in [0.4, 0.5) is 0 Å². The largest absolute Gasteiger partial charge is 0.545 e. The van der Waals surface area contributed by atoms with Gasteiger partial charge in [0.15, 0.2) is 0 Å². The molecule has 0 N–H and O–H groups in total. The Morgan fingerprint density at radius 2 is 2.05 bits per heavy atom. The molecule has 3 nitrogen and oxygen atoms in total. The van der Waals surface area contributed by atoms with Crippen LogP contribution in [0.25, 0.3) is 10.9 Å². The van der Waals surface area contributed by atoms with Gasteiger partial charge in [0.25, 0.3) is 0 Å². The van der Waals surface area contributed by atoms with Gasteiger partial charge in [-0.1, -0.05) is 30.4 Å². The lowest BCUT2D eigenvalue weighted by atomic mass is 9.89. The summed E-state index contributed by atoms with van der Waals surface area (Å²) in [4.78, 5) is 16.1. The zero-order chi connectivity index (χ0) is 13.7. The van der Waals surface area contributed by atoms with Gasteiger partial charge in [-0.25, -0.2) is 0 Å². The Kier molecular flexibility index (Phi) is 2.43. The molecule has 0 spiro atoms. The third-order valence-electron chi connectivity index (χ3n) is 4.61. The number of nitrogens with zero attached hydrogens (tertiary/aromatic N) is 1. The summed E-state index contributed by atoms with van der Waals surface area (Å²) in [5.41, 5.74) is 1.91. The molecule has 0 aliphatic heterocycles. The van der Waals surface area contributed by atoms with Gasteiger partial charge in [-0.15, -0.1) is 0 Å². The van der Waals surface area contributed by atoms with Crippen LogP contribution >= 0.6 is 0 Å². The molecule has 2 aromatic rings. The van der Waals surface area contributed by atoms with E-state index in [0.29, 0.717) is 23.1 Å². The number of para-hydroxylation sites is 1. The molecule has 1 saturated carbocycles. The summed E-state index contributed by atoms with van der Waals surface area (Å²) in [5, 5.41) is 12.1. The SMILES string of the molecule is O=C([O-])c1cc([C@H]2C[C@@H]3C=C[C@H]2C3)nc2ccccc12. The number of carbonyl (C=O) groups excluding carboxylic acids is 1. The Bertz CT molecular complexity index is 735. The van der Waals surface area contributed by atoms with Crippen molar-refractivity contribution in [3.05, 3.63) is 53.7 Å². The fraction of sp³-hybridized carbons (Fsp3) is 0.294. The highest BCUT2D eigenvalue weighted by atomic mass is 16.4. The lowest BCUT2D eigenvalue weighted by molar-refractivity contribution is -0.254. The van der Waals surface area contributed by atoms with Gasteiger partial charge in [-0.2, -0.15) is 0 Å². The molecule has 100 valence electrons. The van der Waals surface area contributed by atoms with E-state index >= 15 is 0 Å². The van der Waals surface area contributed by atoms with E-state index in [0.717, 1.165) is 17.6 Å². The van der Waals surface area contributed by atoms with Crippen LogP contribution in [-0.4, -0.2) is 11.0 Å². The first kappa shape index (κ1) is 11.6. The normalized spacial score (nSPS) is 27.3. The van der Waals surface area contributed by atoms with Crippen molar-refractivity contribution >= 4 is 16.9 Å². The van der Waals surface area contributed by atoms with Gasteiger partial charge >= 0.3 is 0 Å². The molecule has 1 heterocycles. The Morgan fingerprint density at radius 3 is 2.75 bits per heavy atom. The maximum atomic E-state index is 11.4. The predicted octanol–water partition coefficient (Wildman–Crippen LogP) is 2.28. The number of rotatable bonds is 2. The average molecular weight is 264 g/mol. The Morgan fingerprint density at radius 1 is 1.20 bits per heavy atom. The molecular weight excluding hydrogens is 250 g/mol. The van der Waals surface area contributed by atoms with Gasteiger partial charge in [0.1, 0.15) is 0 Å². The van der Waals surface area contributed by atoms with Crippen molar-refractivity contribution in [2.75, 3.05) is 0 Å². The molecule has 3 atom stereocenters. The zero-order valence-electron chi connectivity index (χ0n) is 11.0. The highest BCUT2D eigenvalue weighted by Crippen LogP contribution is 2.48. The molecule has 2 bridgehead atoms. The molecule has 0 radical (unpaired) electrons. The molecule has 0 amide bonds. The molecule has 3 heteroatoms. The first-order valence-electron chi connectivity index (χ1n) is 7.02. The van der Waals surface area contributed by atoms with Crippen LogP contribution in [0.2, 0.25) is 0 Å². The van der Waals surface area contributed by atoms with E-state index in [1.807, 2.05) is 18.2 Å². The van der Waals surface area contributed by atoms with Crippen molar-refractivity contribution in [2.45, 2.75) is 18.8 Å². The van der Waals surface area contributed by atoms with E-state index in [2.05, 4.69) is 12.2 Å². The quantitative estimate of drug-likeness (QED) is 0.782. The van der Waals surface area contributed by atoms with Crippen LogP contribution < -0.4 is 5.11 Å². The van der Waals surface area contributed by atoms with Crippen molar-refractivity contribution in [3.8, 4) is 0 Å². The number of allylic oxidation sites excluding steroid dienone is 2. The van der Waals surface area contributed by atoms with E-state index in [1.54, 1.807) is 12.1 Å². The van der Waals surface area contributed by atoms with E-state index in [9.17, 15) is 9.90 Å². The van der Waals surface area contributed by atoms with Crippen molar-refractivity contribution < 1.29 is 9.90 Å². The number of pyridine rings is 1. The molecule has 1 aromatic carbocycles. The van der Waals surface area contributed by atoms with E-state index in [4.69, 9.17) is 4.98 Å². The second-order valence-electron chi connectivity index (χ2n) is 5.79. The topological polar surface area (TPSA) is 53.0 Å². The average Bonchev–Trinajstić information content (AvgIpc) is 3.08. The first-order chi connectivity index (χ1) is 9.72. The lowest BCUT2D eigenvalue weighted by Crippen LogP contribution is -2.23. The number of aromatic carboxylic acids is 1. The van der Waals surface area contributed by atoms with Gasteiger partial charge in [0.2, 0.25) is 0 Å². The smallest absolute Gasteiger partial charge is 0.0722 e. The third kappa shape index (κ3) is 1.66. The summed E-state index contributed by atoms with van der Waals surface area (Å²) in [7, 11) is 0. The van der Waals surface area contributed by atoms with Crippen LogP contribution in [0.15, 0.2) is 42.5 Å². The highest BCUT2D eigenvalue weighted by molar-refractivity contribution is 6.01. The summed E-state index contributed by atoms with van der Waals surface area (Å²) in [5.74, 6) is 0.393. The number of hydrogen-bond donors (Lipinski definition) is 0. The minimum atomic E-state index is -1.12. The number of carbonyl (C=O) groups is 1. The molecule has 1 aromatic heterocycles. The number of fused-ring (bicyclic) bond motifs is 3. The minimum Gasteiger partial charge on any atom is -0.545 e. The summed E-state index contributed by atoms with van der Waals surface area (Å²) in [6, 6.07) is 9.10. The summed E-state index contributed by atoms with van der Waals surface area (Å²) >= 11 is 0. The molecule has 4 rings (SSSR count). The van der Waals surface area contributed by atoms with E-state index < -0.39 is 5.97 Å². The van der Waals surface area contributed by atoms with Crippen LogP contribution in [0, 0.1) is 11.8 Å². The number of hydrogen-bond acceptors (Lipinski definition) is 3.